The number of nitrogens with one attached hydrogen (secondary N) is 1. The average molecular weight is 323 g/mol. The second-order valence-electron chi connectivity index (χ2n) is 6.52. The highest BCUT2D eigenvalue weighted by Crippen LogP contribution is 2.41. The smallest absolute Gasteiger partial charge is 0.185 e. The molecule has 5 heteroatoms. The molecule has 0 atom stereocenters. The summed E-state index contributed by atoms with van der Waals surface area (Å²) in [5.74, 6) is 0. The maximum Gasteiger partial charge on any atom is 0.185 e. The van der Waals surface area contributed by atoms with E-state index in [0.29, 0.717) is 0 Å². The number of hydrogen-bond acceptors (Lipinski definition) is 4. The highest BCUT2D eigenvalue weighted by molar-refractivity contribution is 8.13. The van der Waals surface area contributed by atoms with E-state index in [9.17, 15) is 0 Å². The van der Waals surface area contributed by atoms with Crippen LogP contribution >= 0.6 is 11.8 Å². The highest BCUT2D eigenvalue weighted by atomic mass is 32.2. The van der Waals surface area contributed by atoms with Gasteiger partial charge in [0.05, 0.1) is 11.2 Å². The summed E-state index contributed by atoms with van der Waals surface area (Å²) in [6.45, 7) is 6.80. The van der Waals surface area contributed by atoms with Crippen molar-refractivity contribution < 1.29 is 4.43 Å². The number of nitrogens with zero attached hydrogens (tertiary/aromatic N) is 1. The Kier molecular flexibility index (Phi) is 5.90. The first-order valence-corrected chi connectivity index (χ1v) is 12.0. The molecule has 0 radical (unpaired) electrons. The van der Waals surface area contributed by atoms with Gasteiger partial charge in [0.2, 0.25) is 0 Å². The molecule has 3 nitrogen and oxygen atoms in total. The number of para-hydroxylation sites is 1. The lowest BCUT2D eigenvalue weighted by Gasteiger charge is -2.40. The van der Waals surface area contributed by atoms with E-state index in [4.69, 9.17) is 4.43 Å². The van der Waals surface area contributed by atoms with E-state index in [1.165, 1.54) is 19.3 Å². The summed E-state index contributed by atoms with van der Waals surface area (Å²) in [4.78, 5) is -0.0510. The number of hydrogen-bond donors (Lipinski definition) is 1. The zero-order valence-electron chi connectivity index (χ0n) is 13.3. The van der Waals surface area contributed by atoms with Gasteiger partial charge in [-0.2, -0.15) is 5.10 Å². The molecule has 1 saturated carbocycles. The van der Waals surface area contributed by atoms with Gasteiger partial charge in [0.25, 0.3) is 0 Å². The number of anilines is 1. The number of thioether (sulfide) groups is 1. The summed E-state index contributed by atoms with van der Waals surface area (Å²) in [5, 5.41) is 4.33. The zero-order chi connectivity index (χ0) is 15.2. The Morgan fingerprint density at radius 3 is 2.43 bits per heavy atom. The van der Waals surface area contributed by atoms with Crippen molar-refractivity contribution in [1.82, 2.24) is 0 Å². The fourth-order valence-corrected chi connectivity index (χ4v) is 5.71. The first-order chi connectivity index (χ1) is 9.99. The number of benzene rings is 1. The van der Waals surface area contributed by atoms with Gasteiger partial charge in [0.15, 0.2) is 8.32 Å². The van der Waals surface area contributed by atoms with Crippen molar-refractivity contribution >= 4 is 31.3 Å². The molecule has 0 saturated heterocycles. The molecule has 0 bridgehead atoms. The Hall–Kier alpha value is -0.783. The van der Waals surface area contributed by atoms with Crippen molar-refractivity contribution in [2.45, 2.75) is 56.7 Å². The van der Waals surface area contributed by atoms with E-state index in [0.717, 1.165) is 18.5 Å². The van der Waals surface area contributed by atoms with Crippen LogP contribution in [0.5, 0.6) is 0 Å². The lowest BCUT2D eigenvalue weighted by Crippen LogP contribution is -2.41. The Labute approximate surface area is 133 Å². The van der Waals surface area contributed by atoms with E-state index >= 15 is 0 Å². The molecule has 1 N–H and O–H groups in total. The van der Waals surface area contributed by atoms with Crippen LogP contribution in [0.3, 0.4) is 0 Å². The normalized spacial score (nSPS) is 18.8. The molecule has 0 unspecified atom stereocenters. The van der Waals surface area contributed by atoms with Gasteiger partial charge in [-0.25, -0.2) is 0 Å². The van der Waals surface area contributed by atoms with Crippen LogP contribution in [-0.4, -0.2) is 18.8 Å². The van der Waals surface area contributed by atoms with Gasteiger partial charge >= 0.3 is 0 Å². The molecule has 0 spiro atoms. The van der Waals surface area contributed by atoms with Gasteiger partial charge in [-0.05, 0) is 57.5 Å². The van der Waals surface area contributed by atoms with Crippen LogP contribution in [0.1, 0.15) is 32.1 Å². The van der Waals surface area contributed by atoms with Crippen molar-refractivity contribution in [2.75, 3.05) is 5.43 Å². The summed E-state index contributed by atoms with van der Waals surface area (Å²) in [6, 6.07) is 10.0. The summed E-state index contributed by atoms with van der Waals surface area (Å²) < 4.78 is 6.50. The first kappa shape index (κ1) is 16.6. The Balaban J connectivity index is 1.92. The number of rotatable bonds is 6. The van der Waals surface area contributed by atoms with E-state index in [-0.39, 0.29) is 4.93 Å². The summed E-state index contributed by atoms with van der Waals surface area (Å²) >= 11 is 1.75. The van der Waals surface area contributed by atoms with Crippen molar-refractivity contribution in [1.29, 1.82) is 0 Å². The molecule has 116 valence electrons. The van der Waals surface area contributed by atoms with Crippen molar-refractivity contribution in [2.24, 2.45) is 5.10 Å². The van der Waals surface area contributed by atoms with Crippen LogP contribution in [-0.2, 0) is 4.43 Å². The Morgan fingerprint density at radius 2 is 1.81 bits per heavy atom. The average Bonchev–Trinajstić information content (AvgIpc) is 2.44. The van der Waals surface area contributed by atoms with Crippen LogP contribution in [0.15, 0.2) is 35.4 Å². The lowest BCUT2D eigenvalue weighted by molar-refractivity contribution is 0.114. The summed E-state index contributed by atoms with van der Waals surface area (Å²) in [6.07, 6.45) is 6.13. The molecule has 0 heterocycles. The molecule has 21 heavy (non-hydrogen) atoms. The SMILES string of the molecule is C[Si](C)(C)OC1(S/C=N\Nc2ccccc2)CCCCC1. The maximum absolute atomic E-state index is 6.50. The molecule has 1 aromatic rings. The van der Waals surface area contributed by atoms with E-state index in [1.807, 2.05) is 35.9 Å². The second kappa shape index (κ2) is 7.47. The standard InChI is InChI=1S/C16H26N2OSSi/c1-21(2,3)19-16(12-8-5-9-13-16)20-14-17-18-15-10-6-4-7-11-15/h4,6-7,10-11,14,18H,5,8-9,12-13H2,1-3H3/b17-14-. The van der Waals surface area contributed by atoms with Crippen LogP contribution in [0.4, 0.5) is 5.69 Å². The summed E-state index contributed by atoms with van der Waals surface area (Å²) in [7, 11) is -1.54. The molecule has 0 aromatic heterocycles. The van der Waals surface area contributed by atoms with Gasteiger partial charge in [0.1, 0.15) is 4.93 Å². The van der Waals surface area contributed by atoms with Crippen molar-refractivity contribution in [3.63, 3.8) is 0 Å². The minimum atomic E-state index is -1.54. The fraction of sp³-hybridized carbons (Fsp3) is 0.562. The molecular formula is C16H26N2OSSi. The van der Waals surface area contributed by atoms with Gasteiger partial charge in [0, 0.05) is 0 Å². The Morgan fingerprint density at radius 1 is 1.14 bits per heavy atom. The van der Waals surface area contributed by atoms with Crippen molar-refractivity contribution in [3.05, 3.63) is 30.3 Å². The first-order valence-electron chi connectivity index (χ1n) is 7.70. The molecule has 1 aliphatic carbocycles. The third-order valence-electron chi connectivity index (χ3n) is 3.40. The van der Waals surface area contributed by atoms with Gasteiger partial charge < -0.3 is 4.43 Å². The lowest BCUT2D eigenvalue weighted by atomic mass is 9.97. The van der Waals surface area contributed by atoms with E-state index in [2.05, 4.69) is 30.2 Å². The topological polar surface area (TPSA) is 33.6 Å². The molecule has 0 aliphatic heterocycles. The summed E-state index contributed by atoms with van der Waals surface area (Å²) in [5.41, 5.74) is 6.00. The van der Waals surface area contributed by atoms with E-state index in [1.54, 1.807) is 11.8 Å². The molecule has 2 rings (SSSR count). The number of hydrazone groups is 1. The van der Waals surface area contributed by atoms with Crippen LogP contribution in [0.25, 0.3) is 0 Å². The second-order valence-corrected chi connectivity index (χ2v) is 12.1. The minimum absolute atomic E-state index is 0.0510. The van der Waals surface area contributed by atoms with Crippen LogP contribution < -0.4 is 5.43 Å². The highest BCUT2D eigenvalue weighted by Gasteiger charge is 2.37. The minimum Gasteiger partial charge on any atom is -0.403 e. The molecule has 1 aromatic carbocycles. The van der Waals surface area contributed by atoms with Gasteiger partial charge in [-0.3, -0.25) is 5.43 Å². The van der Waals surface area contributed by atoms with Crippen LogP contribution in [0.2, 0.25) is 19.6 Å². The molecule has 1 fully saturated rings. The van der Waals surface area contributed by atoms with Crippen molar-refractivity contribution in [3.8, 4) is 0 Å². The predicted molar refractivity (Wildman–Crippen MR) is 96.4 cm³/mol. The fourth-order valence-electron chi connectivity index (χ4n) is 2.63. The Bertz CT molecular complexity index is 453. The predicted octanol–water partition coefficient (Wildman–Crippen LogP) is 5.29. The van der Waals surface area contributed by atoms with Gasteiger partial charge in [-0.1, -0.05) is 36.4 Å². The quantitative estimate of drug-likeness (QED) is 0.254. The molecular weight excluding hydrogens is 296 g/mol. The monoisotopic (exact) mass is 322 g/mol. The molecule has 0 amide bonds. The maximum atomic E-state index is 6.50. The van der Waals surface area contributed by atoms with Crippen LogP contribution in [0, 0.1) is 0 Å². The van der Waals surface area contributed by atoms with Gasteiger partial charge in [-0.15, -0.1) is 0 Å². The van der Waals surface area contributed by atoms with E-state index < -0.39 is 8.32 Å². The molecule has 1 aliphatic rings. The zero-order valence-corrected chi connectivity index (χ0v) is 15.1. The third-order valence-corrected chi connectivity index (χ3v) is 5.68. The third kappa shape index (κ3) is 5.85. The largest absolute Gasteiger partial charge is 0.403 e.